The Kier molecular flexibility index (Phi) is 4.73. The van der Waals surface area contributed by atoms with Crippen LogP contribution in [0.5, 0.6) is 0 Å². The van der Waals surface area contributed by atoms with E-state index >= 15 is 0 Å². The maximum absolute atomic E-state index is 13.0. The van der Waals surface area contributed by atoms with E-state index in [9.17, 15) is 4.79 Å². The van der Waals surface area contributed by atoms with Crippen LogP contribution in [0.3, 0.4) is 0 Å². The van der Waals surface area contributed by atoms with Crippen molar-refractivity contribution in [1.29, 1.82) is 0 Å². The minimum absolute atomic E-state index is 0.0374. The van der Waals surface area contributed by atoms with Crippen molar-refractivity contribution in [1.82, 2.24) is 24.6 Å². The predicted molar refractivity (Wildman–Crippen MR) is 97.4 cm³/mol. The van der Waals surface area contributed by atoms with E-state index in [0.29, 0.717) is 12.2 Å². The molecule has 1 aliphatic heterocycles. The minimum atomic E-state index is -0.0653. The number of carbonyl (C=O) groups excluding carboxylic acids is 1. The van der Waals surface area contributed by atoms with Gasteiger partial charge in [0.1, 0.15) is 12.0 Å². The Balaban J connectivity index is 1.61. The van der Waals surface area contributed by atoms with E-state index in [2.05, 4.69) is 27.3 Å². The summed E-state index contributed by atoms with van der Waals surface area (Å²) < 4.78 is 2.05. The molecular weight excluding hydrogens is 326 g/mol. The van der Waals surface area contributed by atoms with Crippen molar-refractivity contribution < 1.29 is 4.79 Å². The second-order valence-corrected chi connectivity index (χ2v) is 6.53. The number of carbonyl (C=O) groups is 1. The molecule has 6 heteroatoms. The first-order valence-corrected chi connectivity index (χ1v) is 8.96. The quantitative estimate of drug-likeness (QED) is 0.727. The van der Waals surface area contributed by atoms with Gasteiger partial charge in [-0.15, -0.1) is 10.2 Å². The van der Waals surface area contributed by atoms with Gasteiger partial charge in [0.05, 0.1) is 12.6 Å². The average Bonchev–Trinajstić information content (AvgIpc) is 3.17. The second kappa shape index (κ2) is 7.47. The number of benzene rings is 1. The van der Waals surface area contributed by atoms with E-state index in [4.69, 9.17) is 0 Å². The Morgan fingerprint density at radius 1 is 1.08 bits per heavy atom. The number of amides is 1. The SMILES string of the molecule is O=C(c1ccccn1)N1CCCC[C@@H]1c1nncn1Cc1ccccc1. The number of rotatable bonds is 4. The van der Waals surface area contributed by atoms with Crippen LogP contribution in [0.15, 0.2) is 61.1 Å². The number of aromatic nitrogens is 4. The smallest absolute Gasteiger partial charge is 0.273 e. The van der Waals surface area contributed by atoms with Crippen LogP contribution < -0.4 is 0 Å². The first kappa shape index (κ1) is 16.4. The summed E-state index contributed by atoms with van der Waals surface area (Å²) in [5.41, 5.74) is 1.67. The van der Waals surface area contributed by atoms with Crippen molar-refractivity contribution >= 4 is 5.91 Å². The van der Waals surface area contributed by atoms with Gasteiger partial charge in [0.2, 0.25) is 0 Å². The Morgan fingerprint density at radius 3 is 2.73 bits per heavy atom. The molecule has 0 radical (unpaired) electrons. The van der Waals surface area contributed by atoms with Gasteiger partial charge in [-0.25, -0.2) is 0 Å². The van der Waals surface area contributed by atoms with Gasteiger partial charge in [-0.1, -0.05) is 36.4 Å². The summed E-state index contributed by atoms with van der Waals surface area (Å²) in [4.78, 5) is 19.1. The standard InChI is InChI=1S/C20H21N5O/c26-20(17-10-4-6-12-21-17)25-13-7-5-11-18(25)19-23-22-15-24(19)14-16-8-2-1-3-9-16/h1-4,6,8-10,12,15,18H,5,7,11,13-14H2/t18-/m1/s1. The van der Waals surface area contributed by atoms with Crippen LogP contribution in [0.1, 0.15) is 47.2 Å². The highest BCUT2D eigenvalue weighted by atomic mass is 16.2. The van der Waals surface area contributed by atoms with Gasteiger partial charge in [-0.05, 0) is 37.0 Å². The van der Waals surface area contributed by atoms with E-state index in [1.54, 1.807) is 18.6 Å². The van der Waals surface area contributed by atoms with Crippen LogP contribution in [-0.2, 0) is 6.54 Å². The van der Waals surface area contributed by atoms with Crippen molar-refractivity contribution in [3.05, 3.63) is 78.1 Å². The molecule has 0 bridgehead atoms. The lowest BCUT2D eigenvalue weighted by Gasteiger charge is -2.35. The highest BCUT2D eigenvalue weighted by molar-refractivity contribution is 5.92. The third-order valence-corrected chi connectivity index (χ3v) is 4.79. The van der Waals surface area contributed by atoms with Gasteiger partial charge < -0.3 is 9.47 Å². The van der Waals surface area contributed by atoms with E-state index < -0.39 is 0 Å². The molecule has 132 valence electrons. The normalized spacial score (nSPS) is 17.2. The second-order valence-electron chi connectivity index (χ2n) is 6.53. The zero-order valence-corrected chi connectivity index (χ0v) is 14.5. The van der Waals surface area contributed by atoms with Crippen LogP contribution in [0.4, 0.5) is 0 Å². The van der Waals surface area contributed by atoms with Crippen molar-refractivity contribution in [2.45, 2.75) is 31.8 Å². The van der Waals surface area contributed by atoms with E-state index in [0.717, 1.165) is 31.6 Å². The summed E-state index contributed by atoms with van der Waals surface area (Å²) in [6.07, 6.45) is 6.38. The zero-order chi connectivity index (χ0) is 17.8. The molecule has 0 spiro atoms. The number of likely N-dealkylation sites (tertiary alicyclic amines) is 1. The van der Waals surface area contributed by atoms with Crippen molar-refractivity contribution in [2.24, 2.45) is 0 Å². The number of pyridine rings is 1. The maximum atomic E-state index is 13.0. The molecule has 26 heavy (non-hydrogen) atoms. The Morgan fingerprint density at radius 2 is 1.92 bits per heavy atom. The molecule has 1 aromatic carbocycles. The molecule has 6 nitrogen and oxygen atoms in total. The molecule has 3 heterocycles. The molecule has 1 amide bonds. The van der Waals surface area contributed by atoms with Gasteiger partial charge in [0.15, 0.2) is 5.82 Å². The molecule has 1 fully saturated rings. The number of hydrogen-bond acceptors (Lipinski definition) is 4. The fourth-order valence-corrected chi connectivity index (χ4v) is 3.50. The fraction of sp³-hybridized carbons (Fsp3) is 0.300. The summed E-state index contributed by atoms with van der Waals surface area (Å²) >= 11 is 0. The van der Waals surface area contributed by atoms with Crippen molar-refractivity contribution in [3.8, 4) is 0 Å². The Hall–Kier alpha value is -3.02. The van der Waals surface area contributed by atoms with Gasteiger partial charge in [-0.3, -0.25) is 9.78 Å². The molecule has 4 rings (SSSR count). The molecular formula is C20H21N5O. The lowest BCUT2D eigenvalue weighted by Crippen LogP contribution is -2.40. The molecule has 0 N–H and O–H groups in total. The highest BCUT2D eigenvalue weighted by Crippen LogP contribution is 2.31. The van der Waals surface area contributed by atoms with Gasteiger partial charge in [0, 0.05) is 12.7 Å². The summed E-state index contributed by atoms with van der Waals surface area (Å²) in [5.74, 6) is 0.808. The van der Waals surface area contributed by atoms with Gasteiger partial charge in [-0.2, -0.15) is 0 Å². The van der Waals surface area contributed by atoms with Crippen LogP contribution in [0.2, 0.25) is 0 Å². The maximum Gasteiger partial charge on any atom is 0.273 e. The highest BCUT2D eigenvalue weighted by Gasteiger charge is 2.32. The Bertz CT molecular complexity index is 862. The molecule has 1 atom stereocenters. The molecule has 0 unspecified atom stereocenters. The summed E-state index contributed by atoms with van der Waals surface area (Å²) in [7, 11) is 0. The van der Waals surface area contributed by atoms with Crippen LogP contribution in [-0.4, -0.2) is 37.1 Å². The molecule has 2 aromatic heterocycles. The van der Waals surface area contributed by atoms with Gasteiger partial charge >= 0.3 is 0 Å². The molecule has 1 saturated heterocycles. The van der Waals surface area contributed by atoms with Crippen molar-refractivity contribution in [2.75, 3.05) is 6.54 Å². The van der Waals surface area contributed by atoms with Crippen LogP contribution in [0.25, 0.3) is 0 Å². The summed E-state index contributed by atoms with van der Waals surface area (Å²) in [5, 5.41) is 8.48. The molecule has 0 aliphatic carbocycles. The lowest BCUT2D eigenvalue weighted by molar-refractivity contribution is 0.0589. The monoisotopic (exact) mass is 347 g/mol. The minimum Gasteiger partial charge on any atom is -0.327 e. The number of piperidine rings is 1. The molecule has 3 aromatic rings. The lowest BCUT2D eigenvalue weighted by atomic mass is 10.0. The van der Waals surface area contributed by atoms with Crippen molar-refractivity contribution in [3.63, 3.8) is 0 Å². The number of nitrogens with zero attached hydrogens (tertiary/aromatic N) is 5. The molecule has 1 aliphatic rings. The topological polar surface area (TPSA) is 63.9 Å². The third kappa shape index (κ3) is 3.35. The first-order chi connectivity index (χ1) is 12.8. The molecule has 0 saturated carbocycles. The largest absolute Gasteiger partial charge is 0.327 e. The average molecular weight is 347 g/mol. The number of hydrogen-bond donors (Lipinski definition) is 0. The summed E-state index contributed by atoms with van der Waals surface area (Å²) in [6.45, 7) is 1.42. The van der Waals surface area contributed by atoms with Gasteiger partial charge in [0.25, 0.3) is 5.91 Å². The summed E-state index contributed by atoms with van der Waals surface area (Å²) in [6, 6.07) is 15.6. The van der Waals surface area contributed by atoms with E-state index in [-0.39, 0.29) is 11.9 Å². The zero-order valence-electron chi connectivity index (χ0n) is 14.5. The Labute approximate surface area is 152 Å². The van der Waals surface area contributed by atoms with E-state index in [1.165, 1.54) is 5.56 Å². The predicted octanol–water partition coefficient (Wildman–Crippen LogP) is 3.09. The third-order valence-electron chi connectivity index (χ3n) is 4.79. The van der Waals surface area contributed by atoms with Crippen LogP contribution in [0, 0.1) is 0 Å². The van der Waals surface area contributed by atoms with Crippen LogP contribution >= 0.6 is 0 Å². The van der Waals surface area contributed by atoms with E-state index in [1.807, 2.05) is 39.8 Å². The first-order valence-electron chi connectivity index (χ1n) is 8.96. The fourth-order valence-electron chi connectivity index (χ4n) is 3.50.